The van der Waals surface area contributed by atoms with Crippen LogP contribution in [-0.4, -0.2) is 53.7 Å². The Morgan fingerprint density at radius 1 is 1.29 bits per heavy atom. The van der Waals surface area contributed by atoms with Crippen molar-refractivity contribution < 1.29 is 28.9 Å². The summed E-state index contributed by atoms with van der Waals surface area (Å²) in [5, 5.41) is 9.68. The molecule has 0 bridgehead atoms. The van der Waals surface area contributed by atoms with Gasteiger partial charge in [-0.15, -0.1) is 0 Å². The number of hydrogen-bond donors (Lipinski definition) is 1. The third-order valence-corrected chi connectivity index (χ3v) is 3.64. The normalized spacial score (nSPS) is 29.7. The Bertz CT molecular complexity index is 548. The van der Waals surface area contributed by atoms with Crippen molar-refractivity contribution in [3.05, 3.63) is 35.9 Å². The van der Waals surface area contributed by atoms with Gasteiger partial charge in [0.2, 0.25) is 0 Å². The van der Waals surface area contributed by atoms with E-state index in [1.54, 1.807) is 0 Å². The van der Waals surface area contributed by atoms with E-state index in [9.17, 15) is 14.7 Å². The molecule has 1 N–H and O–H groups in total. The number of carbonyl (C=O) groups excluding carboxylic acids is 2. The number of aliphatic hydroxyl groups excluding tert-OH is 1. The zero-order valence-electron chi connectivity index (χ0n) is 11.3. The summed E-state index contributed by atoms with van der Waals surface area (Å²) in [6.45, 7) is 0.134. The molecule has 4 atom stereocenters. The van der Waals surface area contributed by atoms with Crippen LogP contribution in [-0.2, 0) is 25.6 Å². The van der Waals surface area contributed by atoms with E-state index in [1.165, 1.54) is 12.0 Å². The van der Waals surface area contributed by atoms with Crippen LogP contribution in [0, 0.1) is 0 Å². The molecule has 1 aromatic rings. The number of carbonyl (C=O) groups is 2. The second-order valence-electron chi connectivity index (χ2n) is 4.90. The van der Waals surface area contributed by atoms with Crippen molar-refractivity contribution in [2.24, 2.45) is 0 Å². The number of rotatable bonds is 3. The van der Waals surface area contributed by atoms with Crippen LogP contribution in [0.25, 0.3) is 0 Å². The highest BCUT2D eigenvalue weighted by Crippen LogP contribution is 2.43. The van der Waals surface area contributed by atoms with E-state index in [2.05, 4.69) is 4.74 Å². The minimum atomic E-state index is -1.19. The quantitative estimate of drug-likeness (QED) is 0.636. The lowest BCUT2D eigenvalue weighted by atomic mass is 10.2. The first-order valence-corrected chi connectivity index (χ1v) is 6.54. The number of methoxy groups -OCH3 is 1. The van der Waals surface area contributed by atoms with Crippen LogP contribution in [0.15, 0.2) is 30.3 Å². The molecule has 0 saturated carbocycles. The molecule has 0 aromatic heterocycles. The lowest BCUT2D eigenvalue weighted by Gasteiger charge is -2.17. The molecule has 3 rings (SSSR count). The summed E-state index contributed by atoms with van der Waals surface area (Å²) in [5.74, 6) is -0.611. The fraction of sp³-hybridized carbons (Fsp3) is 0.429. The molecular formula is C14H15NO6. The Labute approximate surface area is 121 Å². The number of ether oxygens (including phenoxy) is 3. The Morgan fingerprint density at radius 3 is 2.67 bits per heavy atom. The molecule has 2 saturated heterocycles. The smallest absolute Gasteiger partial charge is 0.411 e. The van der Waals surface area contributed by atoms with Crippen LogP contribution in [0.3, 0.4) is 0 Å². The summed E-state index contributed by atoms with van der Waals surface area (Å²) in [6.07, 6.45) is -2.73. The van der Waals surface area contributed by atoms with Gasteiger partial charge >= 0.3 is 12.1 Å². The number of hydrogen-bond acceptors (Lipinski definition) is 6. The van der Waals surface area contributed by atoms with Crippen LogP contribution in [0.2, 0.25) is 0 Å². The molecule has 0 aliphatic carbocycles. The Balaban J connectivity index is 1.59. The summed E-state index contributed by atoms with van der Waals surface area (Å²) in [7, 11) is 1.23. The second kappa shape index (κ2) is 5.34. The van der Waals surface area contributed by atoms with Gasteiger partial charge in [0.25, 0.3) is 0 Å². The topological polar surface area (TPSA) is 85.1 Å². The molecule has 1 unspecified atom stereocenters. The lowest BCUT2D eigenvalue weighted by Crippen LogP contribution is -2.36. The number of morpholine rings is 1. The number of esters is 1. The number of benzene rings is 1. The van der Waals surface area contributed by atoms with Gasteiger partial charge < -0.3 is 19.3 Å². The minimum absolute atomic E-state index is 0.134. The Morgan fingerprint density at radius 2 is 2.00 bits per heavy atom. The van der Waals surface area contributed by atoms with Gasteiger partial charge in [0, 0.05) is 0 Å². The summed E-state index contributed by atoms with van der Waals surface area (Å²) in [4.78, 5) is 24.8. The highest BCUT2D eigenvalue weighted by atomic mass is 16.7. The first kappa shape index (κ1) is 13.8. The molecule has 1 amide bonds. The molecule has 2 aliphatic rings. The van der Waals surface area contributed by atoms with Gasteiger partial charge in [-0.05, 0) is 5.56 Å². The van der Waals surface area contributed by atoms with Crippen LogP contribution >= 0.6 is 0 Å². The molecule has 2 fully saturated rings. The molecule has 112 valence electrons. The van der Waals surface area contributed by atoms with Crippen LogP contribution in [0.1, 0.15) is 5.56 Å². The second-order valence-corrected chi connectivity index (χ2v) is 4.90. The third kappa shape index (κ3) is 2.45. The van der Waals surface area contributed by atoms with Gasteiger partial charge in [-0.1, -0.05) is 30.3 Å². The van der Waals surface area contributed by atoms with Crippen molar-refractivity contribution in [3.63, 3.8) is 0 Å². The highest BCUT2D eigenvalue weighted by Gasteiger charge is 2.68. The fourth-order valence-corrected chi connectivity index (χ4v) is 2.56. The van der Waals surface area contributed by atoms with E-state index in [-0.39, 0.29) is 6.61 Å². The molecule has 2 aliphatic heterocycles. The summed E-state index contributed by atoms with van der Waals surface area (Å²) >= 11 is 0. The molecule has 0 spiro atoms. The predicted molar refractivity (Wildman–Crippen MR) is 68.9 cm³/mol. The van der Waals surface area contributed by atoms with Gasteiger partial charge in [-0.2, -0.15) is 0 Å². The van der Waals surface area contributed by atoms with Crippen LogP contribution in [0.4, 0.5) is 4.79 Å². The molecule has 0 radical (unpaired) electrons. The summed E-state index contributed by atoms with van der Waals surface area (Å²) in [5.41, 5.74) is 0.860. The van der Waals surface area contributed by atoms with Crippen molar-refractivity contribution in [2.75, 3.05) is 7.11 Å². The Hall–Kier alpha value is -2.12. The lowest BCUT2D eigenvalue weighted by molar-refractivity contribution is -0.170. The van der Waals surface area contributed by atoms with Crippen molar-refractivity contribution >= 4 is 12.1 Å². The number of aliphatic hydroxyl groups is 1. The molecule has 7 nitrogen and oxygen atoms in total. The van der Waals surface area contributed by atoms with Crippen LogP contribution < -0.4 is 0 Å². The fourth-order valence-electron chi connectivity index (χ4n) is 2.56. The molecular weight excluding hydrogens is 278 g/mol. The summed E-state index contributed by atoms with van der Waals surface area (Å²) < 4.78 is 14.8. The van der Waals surface area contributed by atoms with E-state index >= 15 is 0 Å². The van der Waals surface area contributed by atoms with Gasteiger partial charge in [0.15, 0.2) is 12.4 Å². The van der Waals surface area contributed by atoms with Crippen molar-refractivity contribution in [2.45, 2.75) is 31.1 Å². The van der Waals surface area contributed by atoms with E-state index in [0.717, 1.165) is 5.56 Å². The Kier molecular flexibility index (Phi) is 3.52. The third-order valence-electron chi connectivity index (χ3n) is 3.64. The van der Waals surface area contributed by atoms with E-state index in [4.69, 9.17) is 9.47 Å². The SMILES string of the molecule is COC(=O)[C@H]1OC(O)[C@@H]2[C@H]1N2C(=O)OCc1ccccc1. The maximum absolute atomic E-state index is 12.0. The van der Waals surface area contributed by atoms with Gasteiger partial charge in [0.05, 0.1) is 13.2 Å². The number of amides is 1. The molecule has 1 aromatic carbocycles. The van der Waals surface area contributed by atoms with E-state index < -0.39 is 36.5 Å². The highest BCUT2D eigenvalue weighted by molar-refractivity contribution is 5.81. The van der Waals surface area contributed by atoms with Crippen LogP contribution in [0.5, 0.6) is 0 Å². The first-order valence-electron chi connectivity index (χ1n) is 6.54. The van der Waals surface area contributed by atoms with Gasteiger partial charge in [-0.3, -0.25) is 4.90 Å². The monoisotopic (exact) mass is 293 g/mol. The van der Waals surface area contributed by atoms with Crippen molar-refractivity contribution in [1.29, 1.82) is 0 Å². The largest absolute Gasteiger partial charge is 0.467 e. The predicted octanol–water partition coefficient (Wildman–Crippen LogP) is 0.266. The molecule has 21 heavy (non-hydrogen) atoms. The number of fused-ring (bicyclic) bond motifs is 1. The molecule has 7 heteroatoms. The van der Waals surface area contributed by atoms with Gasteiger partial charge in [0.1, 0.15) is 12.6 Å². The zero-order valence-corrected chi connectivity index (χ0v) is 11.3. The minimum Gasteiger partial charge on any atom is -0.467 e. The van der Waals surface area contributed by atoms with Gasteiger partial charge in [-0.25, -0.2) is 9.59 Å². The van der Waals surface area contributed by atoms with Crippen molar-refractivity contribution in [3.8, 4) is 0 Å². The first-order chi connectivity index (χ1) is 10.1. The standard InChI is InChI=1S/C14H15NO6/c1-19-13(17)11-9-10(12(16)21-11)15(9)14(18)20-7-8-5-3-2-4-6-8/h2-6,9-12,16H,7H2,1H3/t9-,10+,11+,12?,15?/m1/s1. The van der Waals surface area contributed by atoms with Crippen molar-refractivity contribution in [1.82, 2.24) is 4.90 Å². The average molecular weight is 293 g/mol. The van der Waals surface area contributed by atoms with E-state index in [1.807, 2.05) is 30.3 Å². The maximum atomic E-state index is 12.0. The molecule has 2 heterocycles. The summed E-state index contributed by atoms with van der Waals surface area (Å²) in [6, 6.07) is 8.18. The average Bonchev–Trinajstić information content (AvgIpc) is 3.17. The zero-order chi connectivity index (χ0) is 15.0. The maximum Gasteiger partial charge on any atom is 0.411 e. The number of nitrogens with zero attached hydrogens (tertiary/aromatic N) is 1. The van der Waals surface area contributed by atoms with E-state index in [0.29, 0.717) is 0 Å².